The second-order valence-electron chi connectivity index (χ2n) is 4.25. The molecule has 0 spiro atoms. The van der Waals surface area contributed by atoms with Crippen LogP contribution in [0, 0.1) is 11.6 Å². The summed E-state index contributed by atoms with van der Waals surface area (Å²) in [6.07, 6.45) is 0.899. The van der Waals surface area contributed by atoms with Gasteiger partial charge in [-0.15, -0.1) is 0 Å². The third-order valence-corrected chi connectivity index (χ3v) is 2.60. The first-order valence-corrected chi connectivity index (χ1v) is 6.72. The quantitative estimate of drug-likeness (QED) is 0.887. The fourth-order valence-electron chi connectivity index (χ4n) is 1.63. The predicted molar refractivity (Wildman–Crippen MR) is 75.1 cm³/mol. The van der Waals surface area contributed by atoms with Crippen LogP contribution in [0.4, 0.5) is 14.7 Å². The van der Waals surface area contributed by atoms with Crippen LogP contribution in [-0.2, 0) is 0 Å². The predicted octanol–water partition coefficient (Wildman–Crippen LogP) is 3.04. The number of halogens is 2. The van der Waals surface area contributed by atoms with E-state index in [4.69, 9.17) is 4.74 Å². The molecule has 0 radical (unpaired) electrons. The Morgan fingerprint density at radius 2 is 1.90 bits per heavy atom. The molecule has 1 N–H and O–H groups in total. The van der Waals surface area contributed by atoms with Crippen molar-refractivity contribution >= 4 is 5.95 Å². The average molecular weight is 294 g/mol. The molecule has 0 aliphatic heterocycles. The lowest BCUT2D eigenvalue weighted by Crippen LogP contribution is -2.08. The lowest BCUT2D eigenvalue weighted by molar-refractivity contribution is 0.312. The van der Waals surface area contributed by atoms with E-state index in [2.05, 4.69) is 20.3 Å². The normalized spacial score (nSPS) is 10.5. The first-order valence-electron chi connectivity index (χ1n) is 6.72. The fraction of sp³-hybridized carbons (Fsp3) is 0.357. The number of hydrogen-bond donors (Lipinski definition) is 1. The van der Waals surface area contributed by atoms with Crippen LogP contribution < -0.4 is 10.1 Å². The molecule has 0 saturated heterocycles. The Morgan fingerprint density at radius 1 is 1.10 bits per heavy atom. The monoisotopic (exact) mass is 294 g/mol. The molecule has 0 aliphatic carbocycles. The first-order chi connectivity index (χ1) is 10.1. The highest BCUT2D eigenvalue weighted by Gasteiger charge is 2.11. The molecule has 0 amide bonds. The van der Waals surface area contributed by atoms with Crippen LogP contribution in [-0.4, -0.2) is 28.1 Å². The minimum Gasteiger partial charge on any atom is -0.464 e. The van der Waals surface area contributed by atoms with Crippen molar-refractivity contribution in [2.45, 2.75) is 20.3 Å². The number of ether oxygens (including phenoxy) is 1. The van der Waals surface area contributed by atoms with Gasteiger partial charge in [-0.05, 0) is 31.5 Å². The number of benzene rings is 1. The summed E-state index contributed by atoms with van der Waals surface area (Å²) >= 11 is 0. The highest BCUT2D eigenvalue weighted by atomic mass is 19.2. The molecule has 0 aliphatic rings. The molecule has 1 aromatic carbocycles. The first kappa shape index (κ1) is 15.1. The van der Waals surface area contributed by atoms with Crippen molar-refractivity contribution in [3.8, 4) is 17.4 Å². The Bertz CT molecular complexity index is 622. The number of rotatable bonds is 6. The van der Waals surface area contributed by atoms with Crippen LogP contribution in [0.3, 0.4) is 0 Å². The van der Waals surface area contributed by atoms with E-state index in [9.17, 15) is 8.78 Å². The zero-order valence-electron chi connectivity index (χ0n) is 11.9. The summed E-state index contributed by atoms with van der Waals surface area (Å²) in [6, 6.07) is 3.64. The molecule has 0 atom stereocenters. The Balaban J connectivity index is 2.40. The van der Waals surface area contributed by atoms with Gasteiger partial charge in [-0.2, -0.15) is 15.0 Å². The standard InChI is InChI=1S/C14H16F2N4O/c1-3-7-17-13-18-12(19-14(20-13)21-4-2)9-5-6-10(15)11(16)8-9/h5-6,8H,3-4,7H2,1-2H3,(H,17,18,19,20). The molecule has 0 bridgehead atoms. The minimum absolute atomic E-state index is 0.144. The summed E-state index contributed by atoms with van der Waals surface area (Å²) in [5.41, 5.74) is 0.358. The molecular formula is C14H16F2N4O. The van der Waals surface area contributed by atoms with E-state index in [1.807, 2.05) is 6.92 Å². The van der Waals surface area contributed by atoms with E-state index in [0.29, 0.717) is 24.7 Å². The van der Waals surface area contributed by atoms with E-state index in [1.165, 1.54) is 6.07 Å². The summed E-state index contributed by atoms with van der Waals surface area (Å²) in [7, 11) is 0. The third-order valence-electron chi connectivity index (χ3n) is 2.60. The Hall–Kier alpha value is -2.31. The zero-order chi connectivity index (χ0) is 15.2. The molecule has 21 heavy (non-hydrogen) atoms. The minimum atomic E-state index is -0.950. The van der Waals surface area contributed by atoms with Crippen molar-refractivity contribution in [3.05, 3.63) is 29.8 Å². The SMILES string of the molecule is CCCNc1nc(OCC)nc(-c2ccc(F)c(F)c2)n1. The Morgan fingerprint density at radius 3 is 2.57 bits per heavy atom. The maximum atomic E-state index is 13.3. The van der Waals surface area contributed by atoms with Crippen LogP contribution in [0.2, 0.25) is 0 Å². The molecule has 7 heteroatoms. The lowest BCUT2D eigenvalue weighted by atomic mass is 10.2. The van der Waals surface area contributed by atoms with Gasteiger partial charge in [0.05, 0.1) is 6.61 Å². The van der Waals surface area contributed by atoms with E-state index in [0.717, 1.165) is 18.6 Å². The topological polar surface area (TPSA) is 59.9 Å². The van der Waals surface area contributed by atoms with E-state index in [-0.39, 0.29) is 11.8 Å². The molecule has 2 rings (SSSR count). The summed E-state index contributed by atoms with van der Waals surface area (Å²) < 4.78 is 31.6. The number of nitrogens with zero attached hydrogens (tertiary/aromatic N) is 3. The van der Waals surface area contributed by atoms with Gasteiger partial charge in [0.15, 0.2) is 17.5 Å². The molecule has 112 valence electrons. The van der Waals surface area contributed by atoms with Crippen molar-refractivity contribution in [1.82, 2.24) is 15.0 Å². The third kappa shape index (κ3) is 3.84. The zero-order valence-corrected chi connectivity index (χ0v) is 11.9. The van der Waals surface area contributed by atoms with E-state index in [1.54, 1.807) is 6.92 Å². The van der Waals surface area contributed by atoms with Crippen molar-refractivity contribution < 1.29 is 13.5 Å². The molecule has 1 aromatic heterocycles. The summed E-state index contributed by atoms with van der Waals surface area (Å²) in [4.78, 5) is 12.4. The Labute approximate surface area is 121 Å². The molecule has 0 saturated carbocycles. The number of nitrogens with one attached hydrogen (secondary N) is 1. The van der Waals surface area contributed by atoms with Gasteiger partial charge in [0.2, 0.25) is 5.95 Å². The summed E-state index contributed by atoms with van der Waals surface area (Å²) in [5, 5.41) is 3.02. The van der Waals surface area contributed by atoms with Crippen molar-refractivity contribution in [2.75, 3.05) is 18.5 Å². The average Bonchev–Trinajstić information content (AvgIpc) is 2.48. The maximum absolute atomic E-state index is 13.3. The molecule has 5 nitrogen and oxygen atoms in total. The van der Waals surface area contributed by atoms with E-state index < -0.39 is 11.6 Å². The van der Waals surface area contributed by atoms with Gasteiger partial charge < -0.3 is 10.1 Å². The second kappa shape index (κ2) is 6.92. The number of anilines is 1. The molecule has 1 heterocycles. The fourth-order valence-corrected chi connectivity index (χ4v) is 1.63. The van der Waals surface area contributed by atoms with Gasteiger partial charge in [0, 0.05) is 12.1 Å². The van der Waals surface area contributed by atoms with Crippen molar-refractivity contribution in [3.63, 3.8) is 0 Å². The smallest absolute Gasteiger partial charge is 0.321 e. The van der Waals surface area contributed by atoms with Crippen LogP contribution in [0.5, 0.6) is 6.01 Å². The van der Waals surface area contributed by atoms with Gasteiger partial charge in [-0.1, -0.05) is 6.92 Å². The van der Waals surface area contributed by atoms with Gasteiger partial charge in [-0.3, -0.25) is 0 Å². The second-order valence-corrected chi connectivity index (χ2v) is 4.25. The highest BCUT2D eigenvalue weighted by molar-refractivity contribution is 5.56. The highest BCUT2D eigenvalue weighted by Crippen LogP contribution is 2.21. The van der Waals surface area contributed by atoms with Crippen LogP contribution in [0.15, 0.2) is 18.2 Å². The van der Waals surface area contributed by atoms with Crippen molar-refractivity contribution in [1.29, 1.82) is 0 Å². The maximum Gasteiger partial charge on any atom is 0.321 e. The molecule has 0 unspecified atom stereocenters. The Kier molecular flexibility index (Phi) is 4.97. The van der Waals surface area contributed by atoms with Crippen LogP contribution >= 0.6 is 0 Å². The molecular weight excluding hydrogens is 278 g/mol. The van der Waals surface area contributed by atoms with Gasteiger partial charge in [0.25, 0.3) is 0 Å². The summed E-state index contributed by atoms with van der Waals surface area (Å²) in [5.74, 6) is -1.29. The number of hydrogen-bond acceptors (Lipinski definition) is 5. The largest absolute Gasteiger partial charge is 0.464 e. The van der Waals surface area contributed by atoms with Gasteiger partial charge in [-0.25, -0.2) is 8.78 Å². The molecule has 2 aromatic rings. The van der Waals surface area contributed by atoms with Crippen molar-refractivity contribution in [2.24, 2.45) is 0 Å². The number of aromatic nitrogens is 3. The van der Waals surface area contributed by atoms with Gasteiger partial charge >= 0.3 is 6.01 Å². The van der Waals surface area contributed by atoms with Crippen LogP contribution in [0.1, 0.15) is 20.3 Å². The van der Waals surface area contributed by atoms with Gasteiger partial charge in [0.1, 0.15) is 0 Å². The van der Waals surface area contributed by atoms with Crippen LogP contribution in [0.25, 0.3) is 11.4 Å². The van der Waals surface area contributed by atoms with E-state index >= 15 is 0 Å². The summed E-state index contributed by atoms with van der Waals surface area (Å²) in [6.45, 7) is 4.90. The molecule has 0 fully saturated rings. The lowest BCUT2D eigenvalue weighted by Gasteiger charge is -2.08.